The second-order valence-electron chi connectivity index (χ2n) is 4.75. The first-order valence-corrected chi connectivity index (χ1v) is 7.60. The average molecular weight is 270 g/mol. The second-order valence-corrected chi connectivity index (χ2v) is 5.53. The van der Waals surface area contributed by atoms with E-state index in [1.807, 2.05) is 0 Å². The Balaban J connectivity index is 1.91. The zero-order chi connectivity index (χ0) is 13.1. The standard InChI is InChI=1S/C16H18N2S/c1-2-17-10-13-3-4-15-5-7-18(16(15)9-13)11-14-6-8-19-12-14/h3-9,12,17H,2,10-11H2,1H3. The van der Waals surface area contributed by atoms with Crippen LogP contribution < -0.4 is 5.32 Å². The van der Waals surface area contributed by atoms with Crippen molar-refractivity contribution >= 4 is 22.2 Å². The van der Waals surface area contributed by atoms with Gasteiger partial charge in [0.1, 0.15) is 0 Å². The lowest BCUT2D eigenvalue weighted by Gasteiger charge is -2.06. The molecule has 0 amide bonds. The minimum absolute atomic E-state index is 0.941. The molecule has 0 radical (unpaired) electrons. The molecule has 0 unspecified atom stereocenters. The third-order valence-corrected chi connectivity index (χ3v) is 4.08. The van der Waals surface area contributed by atoms with Crippen LogP contribution in [0, 0.1) is 0 Å². The smallest absolute Gasteiger partial charge is 0.0486 e. The van der Waals surface area contributed by atoms with Gasteiger partial charge in [-0.25, -0.2) is 0 Å². The summed E-state index contributed by atoms with van der Waals surface area (Å²) in [6.07, 6.45) is 2.18. The third-order valence-electron chi connectivity index (χ3n) is 3.35. The molecule has 0 fully saturated rings. The van der Waals surface area contributed by atoms with Gasteiger partial charge < -0.3 is 9.88 Å². The number of nitrogens with zero attached hydrogens (tertiary/aromatic N) is 1. The minimum atomic E-state index is 0.941. The molecule has 0 bridgehead atoms. The van der Waals surface area contributed by atoms with Crippen LogP contribution in [0.4, 0.5) is 0 Å². The van der Waals surface area contributed by atoms with Gasteiger partial charge in [-0.2, -0.15) is 11.3 Å². The van der Waals surface area contributed by atoms with E-state index in [2.05, 4.69) is 64.1 Å². The van der Waals surface area contributed by atoms with Gasteiger partial charge in [0.05, 0.1) is 0 Å². The van der Waals surface area contributed by atoms with E-state index in [9.17, 15) is 0 Å². The molecule has 0 spiro atoms. The molecule has 3 rings (SSSR count). The summed E-state index contributed by atoms with van der Waals surface area (Å²) < 4.78 is 2.33. The fourth-order valence-corrected chi connectivity index (χ4v) is 2.99. The van der Waals surface area contributed by atoms with E-state index in [1.165, 1.54) is 22.0 Å². The molecule has 0 saturated carbocycles. The number of aromatic nitrogens is 1. The van der Waals surface area contributed by atoms with Crippen molar-refractivity contribution in [3.05, 3.63) is 58.4 Å². The van der Waals surface area contributed by atoms with Crippen molar-refractivity contribution in [2.45, 2.75) is 20.0 Å². The first kappa shape index (κ1) is 12.5. The highest BCUT2D eigenvalue weighted by Crippen LogP contribution is 2.19. The van der Waals surface area contributed by atoms with E-state index in [1.54, 1.807) is 11.3 Å². The number of fused-ring (bicyclic) bond motifs is 1. The SMILES string of the molecule is CCNCc1ccc2ccn(Cc3ccsc3)c2c1. The second kappa shape index (κ2) is 5.59. The van der Waals surface area contributed by atoms with Crippen molar-refractivity contribution < 1.29 is 0 Å². The Labute approximate surface area is 117 Å². The lowest BCUT2D eigenvalue weighted by Crippen LogP contribution is -2.11. The summed E-state index contributed by atoms with van der Waals surface area (Å²) in [5, 5.41) is 9.05. The van der Waals surface area contributed by atoms with Gasteiger partial charge in [-0.1, -0.05) is 19.1 Å². The lowest BCUT2D eigenvalue weighted by molar-refractivity contribution is 0.726. The Morgan fingerprint density at radius 3 is 2.89 bits per heavy atom. The van der Waals surface area contributed by atoms with Crippen molar-refractivity contribution in [2.24, 2.45) is 0 Å². The van der Waals surface area contributed by atoms with Gasteiger partial charge in [0, 0.05) is 24.8 Å². The number of hydrogen-bond donors (Lipinski definition) is 1. The molecule has 98 valence electrons. The summed E-state index contributed by atoms with van der Waals surface area (Å²) >= 11 is 1.76. The molecule has 2 aromatic heterocycles. The maximum atomic E-state index is 3.38. The van der Waals surface area contributed by atoms with Crippen LogP contribution in [0.15, 0.2) is 47.3 Å². The van der Waals surface area contributed by atoms with Gasteiger partial charge in [-0.05, 0) is 52.0 Å². The summed E-state index contributed by atoms with van der Waals surface area (Å²) in [7, 11) is 0. The Kier molecular flexibility index (Phi) is 3.67. The third kappa shape index (κ3) is 2.72. The summed E-state index contributed by atoms with van der Waals surface area (Å²) in [6, 6.07) is 11.1. The van der Waals surface area contributed by atoms with Gasteiger partial charge in [-0.15, -0.1) is 0 Å². The van der Waals surface area contributed by atoms with Crippen molar-refractivity contribution in [3.63, 3.8) is 0 Å². The molecule has 0 atom stereocenters. The van der Waals surface area contributed by atoms with Gasteiger partial charge in [0.2, 0.25) is 0 Å². The highest BCUT2D eigenvalue weighted by atomic mass is 32.1. The normalized spacial score (nSPS) is 11.2. The summed E-state index contributed by atoms with van der Waals surface area (Å²) in [5.41, 5.74) is 4.04. The van der Waals surface area contributed by atoms with Crippen LogP contribution in [0.25, 0.3) is 10.9 Å². The van der Waals surface area contributed by atoms with Crippen molar-refractivity contribution in [1.29, 1.82) is 0 Å². The zero-order valence-electron chi connectivity index (χ0n) is 11.1. The molecule has 0 aliphatic rings. The molecule has 1 N–H and O–H groups in total. The number of nitrogens with one attached hydrogen (secondary N) is 1. The van der Waals surface area contributed by atoms with E-state index < -0.39 is 0 Å². The van der Waals surface area contributed by atoms with Crippen molar-refractivity contribution in [1.82, 2.24) is 9.88 Å². The Hall–Kier alpha value is -1.58. The number of rotatable bonds is 5. The van der Waals surface area contributed by atoms with Crippen LogP contribution in [0.5, 0.6) is 0 Å². The average Bonchev–Trinajstić information content (AvgIpc) is 3.07. The zero-order valence-corrected chi connectivity index (χ0v) is 11.9. The predicted molar refractivity (Wildman–Crippen MR) is 82.7 cm³/mol. The largest absolute Gasteiger partial charge is 0.343 e. The quantitative estimate of drug-likeness (QED) is 0.745. The Morgan fingerprint density at radius 1 is 1.16 bits per heavy atom. The predicted octanol–water partition coefficient (Wildman–Crippen LogP) is 3.86. The first-order valence-electron chi connectivity index (χ1n) is 6.66. The number of thiophene rings is 1. The molecule has 0 aliphatic carbocycles. The molecular formula is C16H18N2S. The van der Waals surface area contributed by atoms with Gasteiger partial charge in [0.15, 0.2) is 0 Å². The molecule has 1 aromatic carbocycles. The molecule has 19 heavy (non-hydrogen) atoms. The molecular weight excluding hydrogens is 252 g/mol. The van der Waals surface area contributed by atoms with Crippen molar-refractivity contribution in [3.8, 4) is 0 Å². The van der Waals surface area contributed by atoms with Crippen LogP contribution in [-0.4, -0.2) is 11.1 Å². The van der Waals surface area contributed by atoms with Crippen LogP contribution in [0.3, 0.4) is 0 Å². The molecule has 2 heterocycles. The molecule has 2 nitrogen and oxygen atoms in total. The lowest BCUT2D eigenvalue weighted by atomic mass is 10.1. The van der Waals surface area contributed by atoms with Crippen LogP contribution >= 0.6 is 11.3 Å². The van der Waals surface area contributed by atoms with Gasteiger partial charge in [0.25, 0.3) is 0 Å². The summed E-state index contributed by atoms with van der Waals surface area (Å²) in [6.45, 7) is 5.04. The first-order chi connectivity index (χ1) is 9.36. The Morgan fingerprint density at radius 2 is 2.11 bits per heavy atom. The Bertz CT molecular complexity index is 653. The summed E-state index contributed by atoms with van der Waals surface area (Å²) in [5.74, 6) is 0. The number of hydrogen-bond acceptors (Lipinski definition) is 2. The highest BCUT2D eigenvalue weighted by Gasteiger charge is 2.03. The minimum Gasteiger partial charge on any atom is -0.343 e. The van der Waals surface area contributed by atoms with E-state index in [0.717, 1.165) is 19.6 Å². The van der Waals surface area contributed by atoms with Crippen molar-refractivity contribution in [2.75, 3.05) is 6.54 Å². The van der Waals surface area contributed by atoms with E-state index in [0.29, 0.717) is 0 Å². The highest BCUT2D eigenvalue weighted by molar-refractivity contribution is 7.07. The van der Waals surface area contributed by atoms with E-state index in [-0.39, 0.29) is 0 Å². The fourth-order valence-electron chi connectivity index (χ4n) is 2.33. The van der Waals surface area contributed by atoms with Crippen LogP contribution in [0.1, 0.15) is 18.1 Å². The topological polar surface area (TPSA) is 17.0 Å². The summed E-state index contributed by atoms with van der Waals surface area (Å²) in [4.78, 5) is 0. The molecule has 3 heteroatoms. The van der Waals surface area contributed by atoms with Gasteiger partial charge in [-0.3, -0.25) is 0 Å². The molecule has 3 aromatic rings. The van der Waals surface area contributed by atoms with Crippen LogP contribution in [0.2, 0.25) is 0 Å². The maximum Gasteiger partial charge on any atom is 0.0486 e. The molecule has 0 saturated heterocycles. The van der Waals surface area contributed by atoms with Crippen LogP contribution in [-0.2, 0) is 13.1 Å². The number of benzene rings is 1. The molecule has 0 aliphatic heterocycles. The van der Waals surface area contributed by atoms with E-state index in [4.69, 9.17) is 0 Å². The fraction of sp³-hybridized carbons (Fsp3) is 0.250. The van der Waals surface area contributed by atoms with Gasteiger partial charge >= 0.3 is 0 Å². The maximum absolute atomic E-state index is 3.38. The van der Waals surface area contributed by atoms with E-state index >= 15 is 0 Å². The monoisotopic (exact) mass is 270 g/mol.